The smallest absolute Gasteiger partial charge is 0.149 e. The summed E-state index contributed by atoms with van der Waals surface area (Å²) < 4.78 is 2.48. The third-order valence-corrected chi connectivity index (χ3v) is 2.14. The minimum Gasteiger partial charge on any atom is -0.238 e. The molecule has 0 radical (unpaired) electrons. The van der Waals surface area contributed by atoms with Gasteiger partial charge in [0.25, 0.3) is 0 Å². The van der Waals surface area contributed by atoms with Gasteiger partial charge in [-0.05, 0) is 13.3 Å². The molecule has 0 atom stereocenters. The van der Waals surface area contributed by atoms with Crippen LogP contribution < -0.4 is 0 Å². The standard InChI is InChI=1S/C8H16N/c1-3-9-7-5-4-6-8(9)2/h3-7H2,1-2H3/q+1. The molecule has 1 aliphatic rings. The fourth-order valence-electron chi connectivity index (χ4n) is 1.46. The fourth-order valence-corrected chi connectivity index (χ4v) is 1.46. The summed E-state index contributed by atoms with van der Waals surface area (Å²) in [4.78, 5) is 0. The molecular formula is C8H16N+. The second-order valence-electron chi connectivity index (χ2n) is 2.77. The summed E-state index contributed by atoms with van der Waals surface area (Å²) in [5.41, 5.74) is 1.59. The highest BCUT2D eigenvalue weighted by Crippen LogP contribution is 2.04. The number of hydrogen-bond acceptors (Lipinski definition) is 0. The van der Waals surface area contributed by atoms with Gasteiger partial charge in [-0.15, -0.1) is 0 Å². The molecule has 0 bridgehead atoms. The molecule has 0 spiro atoms. The van der Waals surface area contributed by atoms with E-state index in [1.165, 1.54) is 32.4 Å². The van der Waals surface area contributed by atoms with E-state index in [4.69, 9.17) is 0 Å². The Morgan fingerprint density at radius 1 is 1.44 bits per heavy atom. The highest BCUT2D eigenvalue weighted by atomic mass is 15.0. The van der Waals surface area contributed by atoms with Crippen LogP contribution in [-0.2, 0) is 0 Å². The summed E-state index contributed by atoms with van der Waals surface area (Å²) in [6.45, 7) is 6.98. The van der Waals surface area contributed by atoms with Gasteiger partial charge in [0.05, 0.1) is 0 Å². The van der Waals surface area contributed by atoms with Crippen molar-refractivity contribution < 1.29 is 4.58 Å². The third-order valence-electron chi connectivity index (χ3n) is 2.14. The zero-order valence-corrected chi connectivity index (χ0v) is 6.48. The van der Waals surface area contributed by atoms with Gasteiger partial charge in [-0.1, -0.05) is 0 Å². The molecule has 0 saturated carbocycles. The molecule has 0 aromatic rings. The molecule has 0 fully saturated rings. The van der Waals surface area contributed by atoms with Crippen molar-refractivity contribution in [1.82, 2.24) is 0 Å². The summed E-state index contributed by atoms with van der Waals surface area (Å²) in [6.07, 6.45) is 4.13. The van der Waals surface area contributed by atoms with Crippen molar-refractivity contribution in [1.29, 1.82) is 0 Å². The average molecular weight is 126 g/mol. The van der Waals surface area contributed by atoms with Gasteiger partial charge in [0.2, 0.25) is 0 Å². The van der Waals surface area contributed by atoms with Crippen molar-refractivity contribution in [3.63, 3.8) is 0 Å². The van der Waals surface area contributed by atoms with Crippen LogP contribution in [0.1, 0.15) is 33.1 Å². The Bertz CT molecular complexity index is 125. The van der Waals surface area contributed by atoms with Gasteiger partial charge in [-0.25, -0.2) is 4.58 Å². The lowest BCUT2D eigenvalue weighted by Gasteiger charge is -2.10. The topological polar surface area (TPSA) is 3.01 Å². The lowest BCUT2D eigenvalue weighted by atomic mass is 10.1. The molecule has 1 heteroatoms. The molecule has 0 aromatic carbocycles. The molecule has 1 nitrogen and oxygen atoms in total. The van der Waals surface area contributed by atoms with E-state index in [0.717, 1.165) is 0 Å². The first-order valence-corrected chi connectivity index (χ1v) is 3.92. The van der Waals surface area contributed by atoms with Crippen LogP contribution in [0.4, 0.5) is 0 Å². The molecule has 1 aliphatic heterocycles. The van der Waals surface area contributed by atoms with Crippen molar-refractivity contribution >= 4 is 5.71 Å². The van der Waals surface area contributed by atoms with E-state index in [1.54, 1.807) is 5.71 Å². The van der Waals surface area contributed by atoms with Gasteiger partial charge in [-0.3, -0.25) is 0 Å². The van der Waals surface area contributed by atoms with Crippen LogP contribution in [0.25, 0.3) is 0 Å². The molecule has 1 heterocycles. The zero-order valence-electron chi connectivity index (χ0n) is 6.48. The minimum absolute atomic E-state index is 1.20. The highest BCUT2D eigenvalue weighted by Gasteiger charge is 2.12. The molecule has 0 aromatic heterocycles. The van der Waals surface area contributed by atoms with Crippen molar-refractivity contribution in [3.8, 4) is 0 Å². The number of rotatable bonds is 1. The van der Waals surface area contributed by atoms with E-state index in [2.05, 4.69) is 18.4 Å². The quantitative estimate of drug-likeness (QED) is 0.470. The molecule has 0 N–H and O–H groups in total. The van der Waals surface area contributed by atoms with Gasteiger partial charge < -0.3 is 0 Å². The van der Waals surface area contributed by atoms with E-state index in [9.17, 15) is 0 Å². The van der Waals surface area contributed by atoms with Gasteiger partial charge in [0.1, 0.15) is 18.8 Å². The third kappa shape index (κ3) is 1.54. The average Bonchev–Trinajstić information content (AvgIpc) is 1.89. The maximum absolute atomic E-state index is 2.48. The van der Waals surface area contributed by atoms with Crippen LogP contribution in [-0.4, -0.2) is 23.4 Å². The summed E-state index contributed by atoms with van der Waals surface area (Å²) in [6, 6.07) is 0. The Kier molecular flexibility index (Phi) is 2.26. The minimum atomic E-state index is 1.20. The lowest BCUT2D eigenvalue weighted by Crippen LogP contribution is -2.24. The van der Waals surface area contributed by atoms with E-state index in [0.29, 0.717) is 0 Å². The second kappa shape index (κ2) is 3.00. The SMILES string of the molecule is CC[N+]1=C(C)CCCC1. The summed E-state index contributed by atoms with van der Waals surface area (Å²) in [7, 11) is 0. The Morgan fingerprint density at radius 3 is 2.67 bits per heavy atom. The lowest BCUT2D eigenvalue weighted by molar-refractivity contribution is -0.530. The first kappa shape index (κ1) is 6.79. The maximum Gasteiger partial charge on any atom is 0.149 e. The van der Waals surface area contributed by atoms with Crippen LogP contribution >= 0.6 is 0 Å². The fraction of sp³-hybridized carbons (Fsp3) is 0.875. The van der Waals surface area contributed by atoms with E-state index >= 15 is 0 Å². The monoisotopic (exact) mass is 126 g/mol. The van der Waals surface area contributed by atoms with Crippen LogP contribution in [0.5, 0.6) is 0 Å². The first-order chi connectivity index (χ1) is 4.34. The Morgan fingerprint density at radius 2 is 2.22 bits per heavy atom. The number of nitrogens with zero attached hydrogens (tertiary/aromatic N) is 1. The zero-order chi connectivity index (χ0) is 6.69. The second-order valence-corrected chi connectivity index (χ2v) is 2.77. The van der Waals surface area contributed by atoms with Crippen LogP contribution in [0.3, 0.4) is 0 Å². The first-order valence-electron chi connectivity index (χ1n) is 3.92. The van der Waals surface area contributed by atoms with Crippen molar-refractivity contribution in [3.05, 3.63) is 0 Å². The molecule has 0 aliphatic carbocycles. The molecule has 0 saturated heterocycles. The summed E-state index contributed by atoms with van der Waals surface area (Å²) in [5, 5.41) is 0. The van der Waals surface area contributed by atoms with Gasteiger partial charge in [-0.2, -0.15) is 0 Å². The van der Waals surface area contributed by atoms with Crippen LogP contribution in [0.15, 0.2) is 0 Å². The van der Waals surface area contributed by atoms with Gasteiger partial charge in [0, 0.05) is 19.8 Å². The Hall–Kier alpha value is -0.330. The Balaban J connectivity index is 2.59. The predicted octanol–water partition coefficient (Wildman–Crippen LogP) is 1.66. The van der Waals surface area contributed by atoms with E-state index < -0.39 is 0 Å². The highest BCUT2D eigenvalue weighted by molar-refractivity contribution is 5.77. The maximum atomic E-state index is 2.48. The van der Waals surface area contributed by atoms with E-state index in [1.807, 2.05) is 0 Å². The molecule has 0 unspecified atom stereocenters. The van der Waals surface area contributed by atoms with Crippen molar-refractivity contribution in [2.24, 2.45) is 0 Å². The van der Waals surface area contributed by atoms with E-state index in [-0.39, 0.29) is 0 Å². The van der Waals surface area contributed by atoms with Crippen molar-refractivity contribution in [2.75, 3.05) is 13.1 Å². The van der Waals surface area contributed by atoms with Gasteiger partial charge >= 0.3 is 0 Å². The molecule has 0 amide bonds. The summed E-state index contributed by atoms with van der Waals surface area (Å²) >= 11 is 0. The largest absolute Gasteiger partial charge is 0.238 e. The van der Waals surface area contributed by atoms with Gasteiger partial charge in [0.15, 0.2) is 0 Å². The van der Waals surface area contributed by atoms with Crippen molar-refractivity contribution in [2.45, 2.75) is 33.1 Å². The number of hydrogen-bond donors (Lipinski definition) is 0. The molecule has 9 heavy (non-hydrogen) atoms. The Labute approximate surface area is 57.4 Å². The van der Waals surface area contributed by atoms with Crippen LogP contribution in [0, 0.1) is 0 Å². The molecule has 52 valence electrons. The molecule has 1 rings (SSSR count). The normalized spacial score (nSPS) is 20.7. The van der Waals surface area contributed by atoms with Crippen LogP contribution in [0.2, 0.25) is 0 Å². The molecular weight excluding hydrogens is 110 g/mol. The predicted molar refractivity (Wildman–Crippen MR) is 40.2 cm³/mol. The summed E-state index contributed by atoms with van der Waals surface area (Å²) in [5.74, 6) is 0.